The number of hydrogen-bond acceptors (Lipinski definition) is 6. The summed E-state index contributed by atoms with van der Waals surface area (Å²) >= 11 is 0. The SMILES string of the molecule is COC(=O)c1cccc(-c2cc(-c3ccco3)nc(N)c2C#N)c1. The van der Waals surface area contributed by atoms with Crippen LogP contribution in [0.4, 0.5) is 5.82 Å². The first-order valence-corrected chi connectivity index (χ1v) is 7.07. The van der Waals surface area contributed by atoms with E-state index < -0.39 is 5.97 Å². The zero-order chi connectivity index (χ0) is 17.1. The molecule has 0 aliphatic heterocycles. The Morgan fingerprint density at radius 3 is 2.79 bits per heavy atom. The van der Waals surface area contributed by atoms with Crippen molar-refractivity contribution in [1.29, 1.82) is 5.26 Å². The lowest BCUT2D eigenvalue weighted by Crippen LogP contribution is -2.02. The number of hydrogen-bond donors (Lipinski definition) is 1. The summed E-state index contributed by atoms with van der Waals surface area (Å²) in [6.45, 7) is 0. The van der Waals surface area contributed by atoms with E-state index in [1.54, 1.807) is 42.5 Å². The molecule has 0 radical (unpaired) electrons. The van der Waals surface area contributed by atoms with Crippen LogP contribution >= 0.6 is 0 Å². The standard InChI is InChI=1S/C18H13N3O3/c1-23-18(22)12-5-2-4-11(8-12)13-9-15(16-6-3-7-24-16)21-17(20)14(13)10-19/h2-9H,1H3,(H2,20,21). The summed E-state index contributed by atoms with van der Waals surface area (Å²) in [4.78, 5) is 15.9. The number of carbonyl (C=O) groups is 1. The van der Waals surface area contributed by atoms with Crippen LogP contribution in [-0.4, -0.2) is 18.1 Å². The van der Waals surface area contributed by atoms with E-state index in [-0.39, 0.29) is 11.4 Å². The van der Waals surface area contributed by atoms with Crippen LogP contribution in [0.2, 0.25) is 0 Å². The molecule has 3 rings (SSSR count). The molecule has 0 spiro atoms. The molecule has 0 aliphatic rings. The van der Waals surface area contributed by atoms with Gasteiger partial charge in [0.25, 0.3) is 0 Å². The van der Waals surface area contributed by atoms with Gasteiger partial charge in [-0.15, -0.1) is 0 Å². The second-order valence-corrected chi connectivity index (χ2v) is 4.98. The molecule has 6 nitrogen and oxygen atoms in total. The maximum Gasteiger partial charge on any atom is 0.337 e. The Balaban J connectivity index is 2.20. The molecule has 2 aromatic heterocycles. The summed E-state index contributed by atoms with van der Waals surface area (Å²) in [7, 11) is 1.31. The van der Waals surface area contributed by atoms with Crippen LogP contribution in [0.5, 0.6) is 0 Å². The third kappa shape index (κ3) is 2.71. The van der Waals surface area contributed by atoms with Gasteiger partial charge in [-0.2, -0.15) is 5.26 Å². The fourth-order valence-corrected chi connectivity index (χ4v) is 2.39. The van der Waals surface area contributed by atoms with Gasteiger partial charge in [0.1, 0.15) is 23.1 Å². The average molecular weight is 319 g/mol. The number of benzene rings is 1. The van der Waals surface area contributed by atoms with Gasteiger partial charge in [0.2, 0.25) is 0 Å². The summed E-state index contributed by atoms with van der Waals surface area (Å²) in [5, 5.41) is 9.42. The molecule has 0 unspecified atom stereocenters. The van der Waals surface area contributed by atoms with Gasteiger partial charge >= 0.3 is 5.97 Å². The fraction of sp³-hybridized carbons (Fsp3) is 0.0556. The Kier molecular flexibility index (Phi) is 4.00. The highest BCUT2D eigenvalue weighted by Gasteiger charge is 2.16. The number of nitriles is 1. The molecule has 2 N–H and O–H groups in total. The highest BCUT2D eigenvalue weighted by atomic mass is 16.5. The quantitative estimate of drug-likeness (QED) is 0.743. The Labute approximate surface area is 138 Å². The number of nitrogens with zero attached hydrogens (tertiary/aromatic N) is 2. The number of methoxy groups -OCH3 is 1. The summed E-state index contributed by atoms with van der Waals surface area (Å²) < 4.78 is 10.1. The lowest BCUT2D eigenvalue weighted by Gasteiger charge is -2.10. The van der Waals surface area contributed by atoms with Crippen LogP contribution in [-0.2, 0) is 4.74 Å². The van der Waals surface area contributed by atoms with E-state index in [2.05, 4.69) is 11.1 Å². The van der Waals surface area contributed by atoms with E-state index in [1.807, 2.05) is 0 Å². The van der Waals surface area contributed by atoms with Gasteiger partial charge < -0.3 is 14.9 Å². The van der Waals surface area contributed by atoms with Crippen LogP contribution in [0, 0.1) is 11.3 Å². The molecule has 0 saturated carbocycles. The molecular weight excluding hydrogens is 306 g/mol. The number of ether oxygens (including phenoxy) is 1. The van der Waals surface area contributed by atoms with Crippen LogP contribution in [0.25, 0.3) is 22.6 Å². The van der Waals surface area contributed by atoms with Crippen molar-refractivity contribution in [2.45, 2.75) is 0 Å². The monoisotopic (exact) mass is 319 g/mol. The lowest BCUT2D eigenvalue weighted by atomic mass is 9.98. The van der Waals surface area contributed by atoms with Gasteiger partial charge in [-0.25, -0.2) is 9.78 Å². The summed E-state index contributed by atoms with van der Waals surface area (Å²) in [5.41, 5.74) is 8.30. The third-order valence-corrected chi connectivity index (χ3v) is 3.53. The van der Waals surface area contributed by atoms with E-state index in [9.17, 15) is 10.1 Å². The number of pyridine rings is 1. The minimum Gasteiger partial charge on any atom is -0.465 e. The molecule has 0 fully saturated rings. The number of anilines is 1. The van der Waals surface area contributed by atoms with E-state index in [0.717, 1.165) is 0 Å². The molecule has 0 aliphatic carbocycles. The zero-order valence-electron chi connectivity index (χ0n) is 12.8. The van der Waals surface area contributed by atoms with Crippen molar-refractivity contribution in [3.05, 3.63) is 59.9 Å². The first-order valence-electron chi connectivity index (χ1n) is 7.07. The van der Waals surface area contributed by atoms with Crippen LogP contribution in [0.3, 0.4) is 0 Å². The molecule has 0 bridgehead atoms. The highest BCUT2D eigenvalue weighted by molar-refractivity contribution is 5.91. The molecule has 0 saturated heterocycles. The molecule has 3 aromatic rings. The van der Waals surface area contributed by atoms with Crippen LogP contribution in [0.15, 0.2) is 53.1 Å². The lowest BCUT2D eigenvalue weighted by molar-refractivity contribution is 0.0601. The topological polar surface area (TPSA) is 102 Å². The van der Waals surface area contributed by atoms with Crippen molar-refractivity contribution >= 4 is 11.8 Å². The Bertz CT molecular complexity index is 941. The molecule has 24 heavy (non-hydrogen) atoms. The number of esters is 1. The maximum atomic E-state index is 11.7. The smallest absolute Gasteiger partial charge is 0.337 e. The number of furan rings is 1. The van der Waals surface area contributed by atoms with Crippen molar-refractivity contribution in [2.75, 3.05) is 12.8 Å². The maximum absolute atomic E-state index is 11.7. The average Bonchev–Trinajstić information content (AvgIpc) is 3.15. The molecule has 118 valence electrons. The van der Waals surface area contributed by atoms with Gasteiger partial charge in [0.05, 0.1) is 18.9 Å². The van der Waals surface area contributed by atoms with Gasteiger partial charge in [0, 0.05) is 5.56 Å². The van der Waals surface area contributed by atoms with E-state index in [4.69, 9.17) is 14.9 Å². The Hall–Kier alpha value is -3.59. The van der Waals surface area contributed by atoms with Crippen LogP contribution in [0.1, 0.15) is 15.9 Å². The summed E-state index contributed by atoms with van der Waals surface area (Å²) in [6, 6.07) is 14.1. The van der Waals surface area contributed by atoms with Gasteiger partial charge in [0.15, 0.2) is 5.76 Å². The first-order chi connectivity index (χ1) is 11.6. The minimum absolute atomic E-state index is 0.102. The highest BCUT2D eigenvalue weighted by Crippen LogP contribution is 2.31. The van der Waals surface area contributed by atoms with Crippen molar-refractivity contribution < 1.29 is 13.9 Å². The molecule has 0 atom stereocenters. The summed E-state index contributed by atoms with van der Waals surface area (Å²) in [6.07, 6.45) is 1.53. The fourth-order valence-electron chi connectivity index (χ4n) is 2.39. The van der Waals surface area contributed by atoms with Crippen molar-refractivity contribution in [3.63, 3.8) is 0 Å². The molecule has 0 amide bonds. The van der Waals surface area contributed by atoms with Gasteiger partial charge in [-0.1, -0.05) is 12.1 Å². The number of aromatic nitrogens is 1. The van der Waals surface area contributed by atoms with E-state index >= 15 is 0 Å². The number of nitrogens with two attached hydrogens (primary N) is 1. The largest absolute Gasteiger partial charge is 0.465 e. The predicted octanol–water partition coefficient (Wildman–Crippen LogP) is 3.25. The predicted molar refractivity (Wildman–Crippen MR) is 87.8 cm³/mol. The second-order valence-electron chi connectivity index (χ2n) is 4.98. The van der Waals surface area contributed by atoms with E-state index in [0.29, 0.717) is 28.1 Å². The first kappa shape index (κ1) is 15.3. The normalized spacial score (nSPS) is 10.2. The number of carbonyl (C=O) groups excluding carboxylic acids is 1. The molecule has 2 heterocycles. The molecule has 1 aromatic carbocycles. The van der Waals surface area contributed by atoms with Gasteiger partial charge in [-0.05, 0) is 35.9 Å². The Morgan fingerprint density at radius 2 is 2.12 bits per heavy atom. The number of nitrogen functional groups attached to an aromatic ring is 1. The van der Waals surface area contributed by atoms with Gasteiger partial charge in [-0.3, -0.25) is 0 Å². The molecule has 6 heteroatoms. The third-order valence-electron chi connectivity index (χ3n) is 3.53. The minimum atomic E-state index is -0.455. The zero-order valence-corrected chi connectivity index (χ0v) is 12.8. The van der Waals surface area contributed by atoms with Crippen molar-refractivity contribution in [1.82, 2.24) is 4.98 Å². The van der Waals surface area contributed by atoms with Crippen molar-refractivity contribution in [3.8, 4) is 28.7 Å². The molecular formula is C18H13N3O3. The van der Waals surface area contributed by atoms with E-state index in [1.165, 1.54) is 13.4 Å². The van der Waals surface area contributed by atoms with Crippen molar-refractivity contribution in [2.24, 2.45) is 0 Å². The Morgan fingerprint density at radius 1 is 1.29 bits per heavy atom. The second kappa shape index (κ2) is 6.26. The summed E-state index contributed by atoms with van der Waals surface area (Å²) in [5.74, 6) is 0.185. The van der Waals surface area contributed by atoms with Crippen LogP contribution < -0.4 is 5.73 Å². The number of rotatable bonds is 3.